The number of anilines is 1. The average Bonchev–Trinajstić information content (AvgIpc) is 2.43. The van der Waals surface area contributed by atoms with Crippen LogP contribution in [0.5, 0.6) is 0 Å². The Bertz CT molecular complexity index is 731. The van der Waals surface area contributed by atoms with Crippen LogP contribution in [0.15, 0.2) is 36.4 Å². The van der Waals surface area contributed by atoms with Gasteiger partial charge in [0.15, 0.2) is 0 Å². The Kier molecular flexibility index (Phi) is 4.23. The van der Waals surface area contributed by atoms with Gasteiger partial charge in [-0.2, -0.15) is 0 Å². The van der Waals surface area contributed by atoms with Crippen molar-refractivity contribution in [2.45, 2.75) is 6.92 Å². The van der Waals surface area contributed by atoms with Gasteiger partial charge in [-0.1, -0.05) is 23.7 Å². The summed E-state index contributed by atoms with van der Waals surface area (Å²) in [5, 5.41) is 11.7. The van der Waals surface area contributed by atoms with Crippen molar-refractivity contribution in [3.63, 3.8) is 0 Å². The fourth-order valence-corrected chi connectivity index (χ4v) is 1.99. The topological polar surface area (TPSA) is 66.4 Å². The van der Waals surface area contributed by atoms with E-state index < -0.39 is 17.7 Å². The SMILES string of the molecule is Cc1cccc(C(=O)Nc2ccc(Cl)cc2C(=O)O)c1F. The minimum atomic E-state index is -1.24. The Hall–Kier alpha value is -2.40. The predicted octanol–water partition coefficient (Wildman–Crippen LogP) is 3.74. The van der Waals surface area contributed by atoms with Gasteiger partial charge in [-0.05, 0) is 36.8 Å². The predicted molar refractivity (Wildman–Crippen MR) is 77.5 cm³/mol. The molecule has 0 aliphatic heterocycles. The van der Waals surface area contributed by atoms with E-state index in [1.54, 1.807) is 6.07 Å². The Morgan fingerprint density at radius 2 is 1.90 bits per heavy atom. The molecule has 0 aromatic heterocycles. The van der Waals surface area contributed by atoms with E-state index in [1.807, 2.05) is 0 Å². The molecule has 2 N–H and O–H groups in total. The molecule has 0 heterocycles. The van der Waals surface area contributed by atoms with E-state index in [1.165, 1.54) is 37.3 Å². The first-order valence-corrected chi connectivity index (χ1v) is 6.37. The third-order valence-electron chi connectivity index (χ3n) is 2.90. The first kappa shape index (κ1) is 15.0. The van der Waals surface area contributed by atoms with E-state index in [0.29, 0.717) is 5.56 Å². The van der Waals surface area contributed by atoms with Crippen molar-refractivity contribution in [3.8, 4) is 0 Å². The Balaban J connectivity index is 2.36. The maximum Gasteiger partial charge on any atom is 0.337 e. The number of nitrogens with one attached hydrogen (secondary N) is 1. The van der Waals surface area contributed by atoms with Gasteiger partial charge in [-0.3, -0.25) is 4.79 Å². The maximum absolute atomic E-state index is 13.9. The molecule has 6 heteroatoms. The van der Waals surface area contributed by atoms with Crippen molar-refractivity contribution in [3.05, 3.63) is 63.9 Å². The summed E-state index contributed by atoms with van der Waals surface area (Å²) in [4.78, 5) is 23.2. The first-order chi connectivity index (χ1) is 9.90. The van der Waals surface area contributed by atoms with Crippen molar-refractivity contribution in [2.75, 3.05) is 5.32 Å². The molecule has 2 aromatic carbocycles. The minimum Gasteiger partial charge on any atom is -0.478 e. The average molecular weight is 308 g/mol. The van der Waals surface area contributed by atoms with Gasteiger partial charge in [-0.15, -0.1) is 0 Å². The Morgan fingerprint density at radius 1 is 1.19 bits per heavy atom. The van der Waals surface area contributed by atoms with Gasteiger partial charge in [0, 0.05) is 5.02 Å². The molecule has 0 saturated carbocycles. The van der Waals surface area contributed by atoms with Gasteiger partial charge < -0.3 is 10.4 Å². The number of amides is 1. The van der Waals surface area contributed by atoms with Crippen LogP contribution in [0.1, 0.15) is 26.3 Å². The number of rotatable bonds is 3. The highest BCUT2D eigenvalue weighted by Crippen LogP contribution is 2.22. The van der Waals surface area contributed by atoms with Gasteiger partial charge in [0.25, 0.3) is 5.91 Å². The van der Waals surface area contributed by atoms with Crippen molar-refractivity contribution in [1.82, 2.24) is 0 Å². The molecule has 108 valence electrons. The van der Waals surface area contributed by atoms with Crippen molar-refractivity contribution >= 4 is 29.2 Å². The maximum atomic E-state index is 13.9. The third-order valence-corrected chi connectivity index (χ3v) is 3.13. The summed E-state index contributed by atoms with van der Waals surface area (Å²) in [5.41, 5.74) is 0.0696. The lowest BCUT2D eigenvalue weighted by Crippen LogP contribution is -2.16. The molecule has 0 bridgehead atoms. The second-order valence-corrected chi connectivity index (χ2v) is 4.82. The summed E-state index contributed by atoms with van der Waals surface area (Å²) in [5.74, 6) is -2.60. The van der Waals surface area contributed by atoms with Crippen molar-refractivity contribution in [2.24, 2.45) is 0 Å². The number of halogens is 2. The zero-order valence-electron chi connectivity index (χ0n) is 11.0. The number of aromatic carboxylic acids is 1. The molecule has 0 aliphatic rings. The van der Waals surface area contributed by atoms with Gasteiger partial charge >= 0.3 is 5.97 Å². The van der Waals surface area contributed by atoms with E-state index >= 15 is 0 Å². The number of carbonyl (C=O) groups is 2. The number of benzene rings is 2. The molecule has 0 aliphatic carbocycles. The summed E-state index contributed by atoms with van der Waals surface area (Å²) >= 11 is 5.72. The molecule has 0 atom stereocenters. The summed E-state index contributed by atoms with van der Waals surface area (Å²) in [6.45, 7) is 1.54. The second-order valence-electron chi connectivity index (χ2n) is 4.39. The fraction of sp³-hybridized carbons (Fsp3) is 0.0667. The molecule has 1 amide bonds. The lowest BCUT2D eigenvalue weighted by molar-refractivity contribution is 0.0698. The van der Waals surface area contributed by atoms with Crippen LogP contribution >= 0.6 is 11.6 Å². The fourth-order valence-electron chi connectivity index (χ4n) is 1.81. The number of carbonyl (C=O) groups excluding carboxylic acids is 1. The van der Waals surface area contributed by atoms with Crippen LogP contribution in [0.2, 0.25) is 5.02 Å². The summed E-state index contributed by atoms with van der Waals surface area (Å²) in [7, 11) is 0. The Morgan fingerprint density at radius 3 is 2.57 bits per heavy atom. The van der Waals surface area contributed by atoms with Gasteiger partial charge in [0.2, 0.25) is 0 Å². The van der Waals surface area contributed by atoms with Crippen LogP contribution in [0.4, 0.5) is 10.1 Å². The van der Waals surface area contributed by atoms with Crippen molar-refractivity contribution < 1.29 is 19.1 Å². The summed E-state index contributed by atoms with van der Waals surface area (Å²) in [6.07, 6.45) is 0. The number of carboxylic acid groups (broad SMARTS) is 1. The zero-order valence-corrected chi connectivity index (χ0v) is 11.7. The van der Waals surface area contributed by atoms with E-state index in [9.17, 15) is 14.0 Å². The lowest BCUT2D eigenvalue weighted by Gasteiger charge is -2.10. The van der Waals surface area contributed by atoms with Gasteiger partial charge in [0.1, 0.15) is 5.82 Å². The van der Waals surface area contributed by atoms with Crippen LogP contribution in [0.25, 0.3) is 0 Å². The Labute approximate surface area is 125 Å². The molecular formula is C15H11ClFNO3. The molecule has 4 nitrogen and oxygen atoms in total. The van der Waals surface area contributed by atoms with Crippen LogP contribution in [0, 0.1) is 12.7 Å². The molecule has 0 radical (unpaired) electrons. The molecule has 0 saturated heterocycles. The quantitative estimate of drug-likeness (QED) is 0.907. The van der Waals surface area contributed by atoms with E-state index in [0.717, 1.165) is 0 Å². The highest BCUT2D eigenvalue weighted by Gasteiger charge is 2.17. The van der Waals surface area contributed by atoms with Crippen LogP contribution in [0.3, 0.4) is 0 Å². The zero-order chi connectivity index (χ0) is 15.6. The van der Waals surface area contributed by atoms with E-state index in [2.05, 4.69) is 5.32 Å². The van der Waals surface area contributed by atoms with Crippen molar-refractivity contribution in [1.29, 1.82) is 0 Å². The highest BCUT2D eigenvalue weighted by molar-refractivity contribution is 6.31. The molecule has 21 heavy (non-hydrogen) atoms. The molecule has 0 unspecified atom stereocenters. The number of carboxylic acids is 1. The van der Waals surface area contributed by atoms with E-state index in [-0.39, 0.29) is 21.8 Å². The number of aryl methyl sites for hydroxylation is 1. The second kappa shape index (κ2) is 5.93. The van der Waals surface area contributed by atoms with Gasteiger partial charge in [-0.25, -0.2) is 9.18 Å². The van der Waals surface area contributed by atoms with Gasteiger partial charge in [0.05, 0.1) is 16.8 Å². The molecular weight excluding hydrogens is 297 g/mol. The van der Waals surface area contributed by atoms with E-state index in [4.69, 9.17) is 16.7 Å². The first-order valence-electron chi connectivity index (χ1n) is 5.99. The largest absolute Gasteiger partial charge is 0.478 e. The summed E-state index contributed by atoms with van der Waals surface area (Å²) in [6, 6.07) is 8.43. The third kappa shape index (κ3) is 3.20. The van der Waals surface area contributed by atoms with Crippen LogP contribution < -0.4 is 5.32 Å². The minimum absolute atomic E-state index is 0.0535. The smallest absolute Gasteiger partial charge is 0.337 e. The van der Waals surface area contributed by atoms with Crippen LogP contribution in [-0.2, 0) is 0 Å². The standard InChI is InChI=1S/C15H11ClFNO3/c1-8-3-2-4-10(13(8)17)14(19)18-12-6-5-9(16)7-11(12)15(20)21/h2-7H,1H3,(H,18,19)(H,20,21). The van der Waals surface area contributed by atoms with Crippen LogP contribution in [-0.4, -0.2) is 17.0 Å². The summed E-state index contributed by atoms with van der Waals surface area (Å²) < 4.78 is 13.9. The number of hydrogen-bond acceptors (Lipinski definition) is 2. The monoisotopic (exact) mass is 307 g/mol. The number of hydrogen-bond donors (Lipinski definition) is 2. The highest BCUT2D eigenvalue weighted by atomic mass is 35.5. The molecule has 2 aromatic rings. The molecule has 0 fully saturated rings. The molecule has 2 rings (SSSR count). The normalized spacial score (nSPS) is 10.2. The molecule has 0 spiro atoms. The lowest BCUT2D eigenvalue weighted by atomic mass is 10.1.